The van der Waals surface area contributed by atoms with Crippen LogP contribution in [0.1, 0.15) is 30.4 Å². The number of hydrogen-bond donors (Lipinski definition) is 1. The van der Waals surface area contributed by atoms with Gasteiger partial charge in [-0.25, -0.2) is 0 Å². The Kier molecular flexibility index (Phi) is 2.70. The fraction of sp³-hybridized carbons (Fsp3) is 0.538. The van der Waals surface area contributed by atoms with E-state index in [-0.39, 0.29) is 5.60 Å². The summed E-state index contributed by atoms with van der Waals surface area (Å²) in [4.78, 5) is 0. The lowest BCUT2D eigenvalue weighted by Crippen LogP contribution is -2.08. The highest BCUT2D eigenvalue weighted by atomic mass is 16.5. The summed E-state index contributed by atoms with van der Waals surface area (Å²) in [5.41, 5.74) is 2.22. The first-order chi connectivity index (χ1) is 7.13. The van der Waals surface area contributed by atoms with Crippen LogP contribution in [0.4, 0.5) is 0 Å². The Morgan fingerprint density at radius 2 is 2.13 bits per heavy atom. The van der Waals surface area contributed by atoms with Gasteiger partial charge in [0.05, 0.1) is 12.7 Å². The Balaban J connectivity index is 2.01. The maximum atomic E-state index is 9.76. The molecule has 0 atom stereocenters. The number of methoxy groups -OCH3 is 1. The van der Waals surface area contributed by atoms with E-state index in [1.165, 1.54) is 11.1 Å². The van der Waals surface area contributed by atoms with E-state index in [1.807, 2.05) is 12.1 Å². The van der Waals surface area contributed by atoms with Crippen LogP contribution in [-0.4, -0.2) is 17.8 Å². The van der Waals surface area contributed by atoms with Crippen molar-refractivity contribution >= 4 is 0 Å². The molecule has 1 aliphatic carbocycles. The van der Waals surface area contributed by atoms with E-state index >= 15 is 0 Å². The highest BCUT2D eigenvalue weighted by Crippen LogP contribution is 2.39. The smallest absolute Gasteiger partial charge is 0.119 e. The molecule has 0 unspecified atom stereocenters. The van der Waals surface area contributed by atoms with Crippen molar-refractivity contribution in [1.82, 2.24) is 0 Å². The van der Waals surface area contributed by atoms with Crippen molar-refractivity contribution in [1.29, 1.82) is 0 Å². The van der Waals surface area contributed by atoms with Gasteiger partial charge in [0.25, 0.3) is 0 Å². The van der Waals surface area contributed by atoms with Crippen LogP contribution < -0.4 is 4.74 Å². The van der Waals surface area contributed by atoms with Crippen molar-refractivity contribution in [2.45, 2.75) is 38.2 Å². The van der Waals surface area contributed by atoms with E-state index in [2.05, 4.69) is 13.0 Å². The highest BCUT2D eigenvalue weighted by molar-refractivity contribution is 5.35. The van der Waals surface area contributed by atoms with Gasteiger partial charge in [-0.15, -0.1) is 0 Å². The summed E-state index contributed by atoms with van der Waals surface area (Å²) in [6.07, 6.45) is 3.80. The molecule has 82 valence electrons. The molecule has 15 heavy (non-hydrogen) atoms. The van der Waals surface area contributed by atoms with Gasteiger partial charge in [0.1, 0.15) is 5.75 Å². The van der Waals surface area contributed by atoms with E-state index in [9.17, 15) is 5.11 Å². The van der Waals surface area contributed by atoms with Gasteiger partial charge in [0.15, 0.2) is 0 Å². The Bertz CT molecular complexity index is 354. The van der Waals surface area contributed by atoms with Gasteiger partial charge in [-0.05, 0) is 55.9 Å². The highest BCUT2D eigenvalue weighted by Gasteiger charge is 2.39. The molecule has 0 heterocycles. The number of rotatable bonds is 4. The molecule has 1 fully saturated rings. The van der Waals surface area contributed by atoms with Crippen LogP contribution in [-0.2, 0) is 6.42 Å². The van der Waals surface area contributed by atoms with Gasteiger partial charge in [-0.1, -0.05) is 6.07 Å². The predicted molar refractivity (Wildman–Crippen MR) is 60.2 cm³/mol. The molecule has 0 saturated heterocycles. The molecule has 2 heteroatoms. The van der Waals surface area contributed by atoms with Crippen LogP contribution in [0.3, 0.4) is 0 Å². The van der Waals surface area contributed by atoms with Crippen LogP contribution in [0.15, 0.2) is 18.2 Å². The molecule has 1 N–H and O–H groups in total. The largest absolute Gasteiger partial charge is 0.497 e. The molecule has 0 bridgehead atoms. The fourth-order valence-corrected chi connectivity index (χ4v) is 1.84. The van der Waals surface area contributed by atoms with E-state index in [1.54, 1.807) is 7.11 Å². The number of hydrogen-bond acceptors (Lipinski definition) is 2. The minimum Gasteiger partial charge on any atom is -0.497 e. The Morgan fingerprint density at radius 1 is 1.40 bits per heavy atom. The maximum absolute atomic E-state index is 9.76. The van der Waals surface area contributed by atoms with E-state index in [0.29, 0.717) is 0 Å². The van der Waals surface area contributed by atoms with Gasteiger partial charge >= 0.3 is 0 Å². The number of aryl methyl sites for hydroxylation is 2. The summed E-state index contributed by atoms with van der Waals surface area (Å²) in [6.45, 7) is 2.09. The fourth-order valence-electron chi connectivity index (χ4n) is 1.84. The average molecular weight is 206 g/mol. The zero-order valence-electron chi connectivity index (χ0n) is 9.42. The summed E-state index contributed by atoms with van der Waals surface area (Å²) < 4.78 is 5.16. The SMILES string of the molecule is COc1ccc(CCC2(O)CC2)c(C)c1. The molecular formula is C13H18O2. The predicted octanol–water partition coefficient (Wildman–Crippen LogP) is 2.46. The van der Waals surface area contributed by atoms with Crippen molar-refractivity contribution in [3.63, 3.8) is 0 Å². The second kappa shape index (κ2) is 3.86. The molecule has 0 amide bonds. The minimum atomic E-state index is -0.341. The number of aliphatic hydroxyl groups is 1. The lowest BCUT2D eigenvalue weighted by Gasteiger charge is -2.10. The Morgan fingerprint density at radius 3 is 2.67 bits per heavy atom. The molecule has 1 aromatic carbocycles. The summed E-state index contributed by atoms with van der Waals surface area (Å²) in [5.74, 6) is 0.904. The lowest BCUT2D eigenvalue weighted by molar-refractivity contribution is 0.140. The lowest BCUT2D eigenvalue weighted by atomic mass is 10.0. The van der Waals surface area contributed by atoms with Crippen molar-refractivity contribution < 1.29 is 9.84 Å². The van der Waals surface area contributed by atoms with Gasteiger partial charge in [0.2, 0.25) is 0 Å². The minimum absolute atomic E-state index is 0.341. The molecule has 0 aliphatic heterocycles. The van der Waals surface area contributed by atoms with Gasteiger partial charge in [-0.2, -0.15) is 0 Å². The third-order valence-corrected chi connectivity index (χ3v) is 3.24. The molecule has 2 rings (SSSR count). The van der Waals surface area contributed by atoms with Crippen molar-refractivity contribution in [2.75, 3.05) is 7.11 Å². The number of benzene rings is 1. The Hall–Kier alpha value is -1.02. The topological polar surface area (TPSA) is 29.5 Å². The second-order valence-corrected chi connectivity index (χ2v) is 4.52. The quantitative estimate of drug-likeness (QED) is 0.820. The zero-order chi connectivity index (χ0) is 10.9. The molecule has 0 radical (unpaired) electrons. The van der Waals surface area contributed by atoms with E-state index in [0.717, 1.165) is 31.4 Å². The first-order valence-electron chi connectivity index (χ1n) is 5.49. The Labute approximate surface area is 90.9 Å². The monoisotopic (exact) mass is 206 g/mol. The third-order valence-electron chi connectivity index (χ3n) is 3.24. The van der Waals surface area contributed by atoms with Gasteiger partial charge in [-0.3, -0.25) is 0 Å². The van der Waals surface area contributed by atoms with Crippen LogP contribution in [0.25, 0.3) is 0 Å². The summed E-state index contributed by atoms with van der Waals surface area (Å²) in [5, 5.41) is 9.76. The maximum Gasteiger partial charge on any atom is 0.119 e. The summed E-state index contributed by atoms with van der Waals surface area (Å²) in [6, 6.07) is 6.13. The second-order valence-electron chi connectivity index (χ2n) is 4.52. The molecule has 0 aromatic heterocycles. The third kappa shape index (κ3) is 2.51. The molecule has 2 nitrogen and oxygen atoms in total. The van der Waals surface area contributed by atoms with Crippen LogP contribution in [0.5, 0.6) is 5.75 Å². The van der Waals surface area contributed by atoms with Gasteiger partial charge < -0.3 is 9.84 Å². The van der Waals surface area contributed by atoms with Crippen LogP contribution in [0, 0.1) is 6.92 Å². The molecule has 0 spiro atoms. The van der Waals surface area contributed by atoms with Crippen LogP contribution >= 0.6 is 0 Å². The van der Waals surface area contributed by atoms with E-state index < -0.39 is 0 Å². The normalized spacial score (nSPS) is 17.5. The summed E-state index contributed by atoms with van der Waals surface area (Å²) >= 11 is 0. The van der Waals surface area contributed by atoms with Crippen molar-refractivity contribution in [3.05, 3.63) is 29.3 Å². The first kappa shape index (κ1) is 10.5. The molecule has 1 aromatic rings. The number of ether oxygens (including phenoxy) is 1. The van der Waals surface area contributed by atoms with Crippen molar-refractivity contribution in [3.8, 4) is 5.75 Å². The average Bonchev–Trinajstić information content (AvgIpc) is 2.95. The molecular weight excluding hydrogens is 188 g/mol. The summed E-state index contributed by atoms with van der Waals surface area (Å²) in [7, 11) is 1.68. The van der Waals surface area contributed by atoms with Gasteiger partial charge in [0, 0.05) is 0 Å². The zero-order valence-corrected chi connectivity index (χ0v) is 9.42. The van der Waals surface area contributed by atoms with Crippen LogP contribution in [0.2, 0.25) is 0 Å². The standard InChI is InChI=1S/C13H18O2/c1-10-9-12(15-2)4-3-11(10)5-6-13(14)7-8-13/h3-4,9,14H,5-8H2,1-2H3. The molecule has 1 aliphatic rings. The van der Waals surface area contributed by atoms with E-state index in [4.69, 9.17) is 4.74 Å². The molecule has 1 saturated carbocycles. The van der Waals surface area contributed by atoms with Crippen molar-refractivity contribution in [2.24, 2.45) is 0 Å². The first-order valence-corrected chi connectivity index (χ1v) is 5.49.